The van der Waals surface area contributed by atoms with Gasteiger partial charge in [0.25, 0.3) is 0 Å². The molecule has 0 aliphatic rings. The van der Waals surface area contributed by atoms with E-state index in [1.807, 2.05) is 26.2 Å². The minimum absolute atomic E-state index is 0.0429. The van der Waals surface area contributed by atoms with Crippen molar-refractivity contribution < 1.29 is 9.59 Å². The van der Waals surface area contributed by atoms with Gasteiger partial charge in [-0.05, 0) is 12.8 Å². The van der Waals surface area contributed by atoms with Gasteiger partial charge in [-0.15, -0.1) is 11.3 Å². The Morgan fingerprint density at radius 3 is 2.63 bits per heavy atom. The van der Waals surface area contributed by atoms with Gasteiger partial charge in [0.15, 0.2) is 0 Å². The predicted octanol–water partition coefficient (Wildman–Crippen LogP) is 0.167. The molecule has 0 fully saturated rings. The third kappa shape index (κ3) is 5.35. The maximum Gasteiger partial charge on any atom is 0.239 e. The molecule has 0 aliphatic heterocycles. The molecule has 1 heterocycles. The van der Waals surface area contributed by atoms with Crippen molar-refractivity contribution in [1.82, 2.24) is 15.6 Å². The van der Waals surface area contributed by atoms with Crippen LogP contribution in [0.1, 0.15) is 24.5 Å². The van der Waals surface area contributed by atoms with Gasteiger partial charge >= 0.3 is 0 Å². The van der Waals surface area contributed by atoms with E-state index in [9.17, 15) is 9.59 Å². The fourth-order valence-corrected chi connectivity index (χ4v) is 2.02. The second kappa shape index (κ2) is 7.20. The van der Waals surface area contributed by atoms with Gasteiger partial charge in [-0.1, -0.05) is 13.8 Å². The van der Waals surface area contributed by atoms with E-state index in [4.69, 9.17) is 5.73 Å². The number of nitrogens with two attached hydrogens (primary N) is 1. The normalized spacial score (nSPS) is 12.3. The number of carbonyl (C=O) groups is 2. The molecule has 106 valence electrons. The lowest BCUT2D eigenvalue weighted by molar-refractivity contribution is -0.127. The van der Waals surface area contributed by atoms with Crippen LogP contribution >= 0.6 is 11.3 Å². The van der Waals surface area contributed by atoms with E-state index in [2.05, 4.69) is 15.6 Å². The summed E-state index contributed by atoms with van der Waals surface area (Å²) in [6.45, 7) is 5.92. The first kappa shape index (κ1) is 15.6. The Labute approximate surface area is 116 Å². The largest absolute Gasteiger partial charge is 0.348 e. The first-order valence-electron chi connectivity index (χ1n) is 6.11. The molecule has 2 amide bonds. The average Bonchev–Trinajstić information content (AvgIpc) is 2.78. The summed E-state index contributed by atoms with van der Waals surface area (Å²) in [5.74, 6) is -0.520. The van der Waals surface area contributed by atoms with Gasteiger partial charge in [0.05, 0.1) is 19.1 Å². The molecule has 0 radical (unpaired) electrons. The van der Waals surface area contributed by atoms with Crippen LogP contribution in [0.15, 0.2) is 5.38 Å². The molecule has 19 heavy (non-hydrogen) atoms. The highest BCUT2D eigenvalue weighted by molar-refractivity contribution is 7.09. The van der Waals surface area contributed by atoms with Crippen molar-refractivity contribution in [3.8, 4) is 0 Å². The molecule has 6 nitrogen and oxygen atoms in total. The van der Waals surface area contributed by atoms with E-state index < -0.39 is 6.04 Å². The predicted molar refractivity (Wildman–Crippen MR) is 74.5 cm³/mol. The maximum atomic E-state index is 11.5. The van der Waals surface area contributed by atoms with Gasteiger partial charge in [0.1, 0.15) is 5.01 Å². The van der Waals surface area contributed by atoms with Crippen molar-refractivity contribution in [3.63, 3.8) is 0 Å². The molecule has 1 rings (SSSR count). The van der Waals surface area contributed by atoms with E-state index in [1.165, 1.54) is 11.3 Å². The van der Waals surface area contributed by atoms with Crippen molar-refractivity contribution in [2.24, 2.45) is 11.7 Å². The molecule has 7 heteroatoms. The lowest BCUT2D eigenvalue weighted by atomic mass is 10.1. The smallest absolute Gasteiger partial charge is 0.239 e. The molecule has 0 unspecified atom stereocenters. The number of hydrogen-bond acceptors (Lipinski definition) is 5. The van der Waals surface area contributed by atoms with Crippen molar-refractivity contribution in [3.05, 3.63) is 16.1 Å². The number of thiazole rings is 1. The van der Waals surface area contributed by atoms with Crippen LogP contribution in [-0.4, -0.2) is 29.4 Å². The lowest BCUT2D eigenvalue weighted by Gasteiger charge is -2.14. The Kier molecular flexibility index (Phi) is 5.91. The zero-order valence-electron chi connectivity index (χ0n) is 11.4. The Morgan fingerprint density at radius 1 is 1.42 bits per heavy atom. The van der Waals surface area contributed by atoms with Gasteiger partial charge in [0, 0.05) is 11.1 Å². The highest BCUT2D eigenvalue weighted by Gasteiger charge is 2.17. The van der Waals surface area contributed by atoms with Crippen LogP contribution in [0.25, 0.3) is 0 Å². The summed E-state index contributed by atoms with van der Waals surface area (Å²) in [5, 5.41) is 7.97. The quantitative estimate of drug-likeness (QED) is 0.693. The number of aryl methyl sites for hydroxylation is 1. The number of rotatable bonds is 6. The van der Waals surface area contributed by atoms with Crippen molar-refractivity contribution in [1.29, 1.82) is 0 Å². The van der Waals surface area contributed by atoms with Gasteiger partial charge in [-0.3, -0.25) is 9.59 Å². The third-order valence-corrected chi connectivity index (χ3v) is 3.51. The van der Waals surface area contributed by atoms with E-state index in [0.717, 1.165) is 10.7 Å². The summed E-state index contributed by atoms with van der Waals surface area (Å²) in [5.41, 5.74) is 6.60. The monoisotopic (exact) mass is 284 g/mol. The molecule has 0 saturated heterocycles. The van der Waals surface area contributed by atoms with E-state index in [-0.39, 0.29) is 24.3 Å². The molecule has 0 aromatic carbocycles. The summed E-state index contributed by atoms with van der Waals surface area (Å²) in [4.78, 5) is 27.3. The molecular weight excluding hydrogens is 264 g/mol. The molecule has 0 spiro atoms. The van der Waals surface area contributed by atoms with Crippen LogP contribution in [0.3, 0.4) is 0 Å². The number of nitrogens with one attached hydrogen (secondary N) is 2. The summed E-state index contributed by atoms with van der Waals surface area (Å²) in [6, 6.07) is -0.589. The van der Waals surface area contributed by atoms with E-state index >= 15 is 0 Å². The molecule has 1 aromatic heterocycles. The second-order valence-corrected chi connectivity index (χ2v) is 5.59. The zero-order chi connectivity index (χ0) is 14.4. The molecule has 1 atom stereocenters. The number of amides is 2. The summed E-state index contributed by atoms with van der Waals surface area (Å²) >= 11 is 1.49. The van der Waals surface area contributed by atoms with Crippen LogP contribution in [0.4, 0.5) is 0 Å². The van der Waals surface area contributed by atoms with E-state index in [0.29, 0.717) is 6.54 Å². The summed E-state index contributed by atoms with van der Waals surface area (Å²) in [6.07, 6.45) is 0. The Bertz CT molecular complexity index is 445. The highest BCUT2D eigenvalue weighted by Crippen LogP contribution is 2.07. The molecule has 1 aromatic rings. The van der Waals surface area contributed by atoms with Crippen LogP contribution < -0.4 is 16.4 Å². The Balaban J connectivity index is 2.26. The third-order valence-electron chi connectivity index (χ3n) is 2.55. The number of aromatic nitrogens is 1. The summed E-state index contributed by atoms with van der Waals surface area (Å²) in [7, 11) is 0. The minimum Gasteiger partial charge on any atom is -0.348 e. The van der Waals surface area contributed by atoms with Crippen molar-refractivity contribution >= 4 is 23.2 Å². The molecular formula is C12H20N4O2S. The number of carbonyl (C=O) groups excluding carboxylic acids is 2. The van der Waals surface area contributed by atoms with Gasteiger partial charge in [-0.25, -0.2) is 4.98 Å². The van der Waals surface area contributed by atoms with Crippen molar-refractivity contribution in [2.45, 2.75) is 33.4 Å². The van der Waals surface area contributed by atoms with Crippen LogP contribution in [0.2, 0.25) is 0 Å². The molecule has 0 saturated carbocycles. The SMILES string of the molecule is Cc1csc(CNC(=O)CNC(=O)[C@@H](N)C(C)C)n1. The molecule has 0 aliphatic carbocycles. The van der Waals surface area contributed by atoms with Crippen LogP contribution in [-0.2, 0) is 16.1 Å². The maximum absolute atomic E-state index is 11.5. The molecule has 4 N–H and O–H groups in total. The topological polar surface area (TPSA) is 97.1 Å². The van der Waals surface area contributed by atoms with Gasteiger partial charge in [0.2, 0.25) is 11.8 Å². The highest BCUT2D eigenvalue weighted by atomic mass is 32.1. The lowest BCUT2D eigenvalue weighted by Crippen LogP contribution is -2.47. The van der Waals surface area contributed by atoms with Crippen molar-refractivity contribution in [2.75, 3.05) is 6.54 Å². The first-order valence-corrected chi connectivity index (χ1v) is 6.99. The molecule has 0 bridgehead atoms. The van der Waals surface area contributed by atoms with E-state index in [1.54, 1.807) is 0 Å². The van der Waals surface area contributed by atoms with Gasteiger partial charge < -0.3 is 16.4 Å². The van der Waals surface area contributed by atoms with Gasteiger partial charge in [-0.2, -0.15) is 0 Å². The number of hydrogen-bond donors (Lipinski definition) is 3. The van der Waals surface area contributed by atoms with Crippen LogP contribution in [0, 0.1) is 12.8 Å². The fourth-order valence-electron chi connectivity index (χ4n) is 1.31. The standard InChI is InChI=1S/C12H20N4O2S/c1-7(2)11(13)12(18)15-4-9(17)14-5-10-16-8(3)6-19-10/h6-7,11H,4-5,13H2,1-3H3,(H,14,17)(H,15,18)/t11-/m0/s1. The second-order valence-electron chi connectivity index (χ2n) is 4.65. The Hall–Kier alpha value is -1.47. The van der Waals surface area contributed by atoms with Crippen LogP contribution in [0.5, 0.6) is 0 Å². The minimum atomic E-state index is -0.589. The zero-order valence-corrected chi connectivity index (χ0v) is 12.2. The summed E-state index contributed by atoms with van der Waals surface area (Å²) < 4.78 is 0. The number of nitrogens with zero attached hydrogens (tertiary/aromatic N) is 1. The fraction of sp³-hybridized carbons (Fsp3) is 0.583. The Morgan fingerprint density at radius 2 is 2.11 bits per heavy atom. The average molecular weight is 284 g/mol. The first-order chi connectivity index (χ1) is 8.90.